The maximum atomic E-state index is 14.7. The fourth-order valence-corrected chi connectivity index (χ4v) is 5.27. The van der Waals surface area contributed by atoms with Crippen molar-refractivity contribution in [3.05, 3.63) is 48.4 Å². The van der Waals surface area contributed by atoms with E-state index in [4.69, 9.17) is 4.74 Å². The molecule has 0 unspecified atom stereocenters. The summed E-state index contributed by atoms with van der Waals surface area (Å²) in [5, 5.41) is 6.14. The molecule has 0 atom stereocenters. The number of anilines is 6. The number of rotatable bonds is 6. The molecule has 3 aliphatic rings. The number of carbonyl (C=O) groups excluding carboxylic acids is 1. The molecule has 1 saturated carbocycles. The average Bonchev–Trinajstić information content (AvgIpc) is 3.45. The second-order valence-corrected chi connectivity index (χ2v) is 9.99. The van der Waals surface area contributed by atoms with Gasteiger partial charge in [-0.05, 0) is 50.2 Å². The zero-order chi connectivity index (χ0) is 26.1. The van der Waals surface area contributed by atoms with E-state index in [0.29, 0.717) is 17.4 Å². The van der Waals surface area contributed by atoms with E-state index >= 15 is 0 Å². The lowest BCUT2D eigenvalue weighted by Gasteiger charge is -2.34. The summed E-state index contributed by atoms with van der Waals surface area (Å²) in [5.41, 5.74) is 1.93. The Kier molecular flexibility index (Phi) is 6.67. The minimum Gasteiger partial charge on any atom is -0.480 e. The molecule has 2 aromatic heterocycles. The Morgan fingerprint density at radius 2 is 1.84 bits per heavy atom. The summed E-state index contributed by atoms with van der Waals surface area (Å²) in [6, 6.07) is 11.6. The molecule has 1 aromatic carbocycles. The van der Waals surface area contributed by atoms with Gasteiger partial charge in [-0.3, -0.25) is 9.69 Å². The van der Waals surface area contributed by atoms with Crippen LogP contribution in [0.5, 0.6) is 5.75 Å². The second kappa shape index (κ2) is 10.4. The normalized spacial score (nSPS) is 18.3. The first-order valence-electron chi connectivity index (χ1n) is 13.1. The number of nitrogens with zero attached hydrogens (tertiary/aromatic N) is 6. The molecule has 1 saturated heterocycles. The number of hydrogen-bond acceptors (Lipinski definition) is 9. The molecule has 2 fully saturated rings. The van der Waals surface area contributed by atoms with Crippen molar-refractivity contribution in [3.8, 4) is 5.75 Å². The first-order chi connectivity index (χ1) is 18.5. The Bertz CT molecular complexity index is 1320. The Morgan fingerprint density at radius 3 is 2.66 bits per heavy atom. The molecule has 38 heavy (non-hydrogen) atoms. The number of fused-ring (bicyclic) bond motifs is 1. The predicted octanol–water partition coefficient (Wildman–Crippen LogP) is 3.92. The van der Waals surface area contributed by atoms with Crippen molar-refractivity contribution in [2.45, 2.75) is 31.7 Å². The first kappa shape index (κ1) is 24.4. The lowest BCUT2D eigenvalue weighted by Crippen LogP contribution is -2.45. The molecule has 4 heterocycles. The molecule has 1 amide bonds. The van der Waals surface area contributed by atoms with Crippen LogP contribution in [0, 0.1) is 5.82 Å². The molecular formula is C27H31FN8O2. The highest BCUT2D eigenvalue weighted by atomic mass is 19.1. The molecule has 10 nitrogen and oxygen atoms in total. The molecule has 2 N–H and O–H groups in total. The van der Waals surface area contributed by atoms with Crippen LogP contribution < -0.4 is 25.2 Å². The number of hydrogen-bond donors (Lipinski definition) is 2. The molecule has 6 rings (SSSR count). The van der Waals surface area contributed by atoms with Crippen LogP contribution in [-0.4, -0.2) is 71.6 Å². The van der Waals surface area contributed by atoms with Crippen LogP contribution in [0.1, 0.15) is 25.7 Å². The van der Waals surface area contributed by atoms with Crippen molar-refractivity contribution in [2.75, 3.05) is 60.3 Å². The Hall–Kier alpha value is -3.99. The molecule has 198 valence electrons. The zero-order valence-electron chi connectivity index (χ0n) is 21.4. The molecule has 1 aliphatic carbocycles. The largest absolute Gasteiger partial charge is 0.480 e. The second-order valence-electron chi connectivity index (χ2n) is 9.99. The number of amides is 1. The van der Waals surface area contributed by atoms with Gasteiger partial charge in [0.15, 0.2) is 29.8 Å². The highest BCUT2D eigenvalue weighted by molar-refractivity contribution is 5.97. The quantitative estimate of drug-likeness (QED) is 0.503. The van der Waals surface area contributed by atoms with Gasteiger partial charge in [0, 0.05) is 43.6 Å². The van der Waals surface area contributed by atoms with Gasteiger partial charge in [0.2, 0.25) is 5.95 Å². The fourth-order valence-electron chi connectivity index (χ4n) is 5.27. The van der Waals surface area contributed by atoms with Crippen LogP contribution in [0.4, 0.5) is 39.2 Å². The Morgan fingerprint density at radius 1 is 1.03 bits per heavy atom. The third-order valence-corrected chi connectivity index (χ3v) is 7.34. The minimum atomic E-state index is -0.610. The van der Waals surface area contributed by atoms with Crippen LogP contribution in [0.15, 0.2) is 42.6 Å². The minimum absolute atomic E-state index is 0.00350. The van der Waals surface area contributed by atoms with E-state index in [0.717, 1.165) is 69.4 Å². The van der Waals surface area contributed by atoms with Crippen LogP contribution in [0.3, 0.4) is 0 Å². The molecule has 3 aromatic rings. The van der Waals surface area contributed by atoms with Crippen LogP contribution in [-0.2, 0) is 4.79 Å². The van der Waals surface area contributed by atoms with Crippen LogP contribution >= 0.6 is 0 Å². The van der Waals surface area contributed by atoms with Gasteiger partial charge in [0.1, 0.15) is 5.82 Å². The van der Waals surface area contributed by atoms with Gasteiger partial charge in [0.25, 0.3) is 5.91 Å². The monoisotopic (exact) mass is 518 g/mol. The molecule has 0 radical (unpaired) electrons. The van der Waals surface area contributed by atoms with Gasteiger partial charge in [-0.2, -0.15) is 4.98 Å². The third-order valence-electron chi connectivity index (χ3n) is 7.34. The number of ether oxygens (including phenoxy) is 1. The number of halogens is 1. The maximum absolute atomic E-state index is 14.7. The van der Waals surface area contributed by atoms with E-state index in [1.165, 1.54) is 0 Å². The SMILES string of the molecule is CN1CCN(c2cccc(Nc3ncc(F)c(Nc4ccc5c(n4)N(C4CCCC4)C(=O)CO5)n3)c2)CC1. The molecule has 2 aliphatic heterocycles. The lowest BCUT2D eigenvalue weighted by molar-refractivity contribution is -0.121. The molecular weight excluding hydrogens is 487 g/mol. The van der Waals surface area contributed by atoms with E-state index in [2.05, 4.69) is 48.5 Å². The summed E-state index contributed by atoms with van der Waals surface area (Å²) >= 11 is 0. The topological polar surface area (TPSA) is 98.8 Å². The van der Waals surface area contributed by atoms with Crippen LogP contribution in [0.2, 0.25) is 0 Å². The number of nitrogens with one attached hydrogen (secondary N) is 2. The fraction of sp³-hybridized carbons (Fsp3) is 0.407. The van der Waals surface area contributed by atoms with Crippen molar-refractivity contribution in [1.82, 2.24) is 19.9 Å². The van der Waals surface area contributed by atoms with Gasteiger partial charge >= 0.3 is 0 Å². The van der Waals surface area contributed by atoms with Gasteiger partial charge in [-0.15, -0.1) is 0 Å². The number of aromatic nitrogens is 3. The average molecular weight is 519 g/mol. The standard InChI is InChI=1S/C27H31FN8O2/c1-34-11-13-35(14-12-34)20-8-4-5-18(15-20)30-27-29-16-21(28)25(33-27)31-23-10-9-22-26(32-23)36(24(37)17-38-22)19-6-2-3-7-19/h4-5,8-10,15-16,19H,2-3,6-7,11-14,17H2,1H3,(H2,29,30,31,32,33). The summed E-state index contributed by atoms with van der Waals surface area (Å²) in [4.78, 5) is 32.2. The predicted molar refractivity (Wildman–Crippen MR) is 144 cm³/mol. The smallest absolute Gasteiger partial charge is 0.266 e. The summed E-state index contributed by atoms with van der Waals surface area (Å²) < 4.78 is 20.3. The number of carbonyl (C=O) groups is 1. The Labute approximate surface area is 220 Å². The van der Waals surface area contributed by atoms with Crippen molar-refractivity contribution < 1.29 is 13.9 Å². The summed E-state index contributed by atoms with van der Waals surface area (Å²) in [7, 11) is 2.13. The number of benzene rings is 1. The highest BCUT2D eigenvalue weighted by Gasteiger charge is 2.34. The number of likely N-dealkylation sites (N-methyl/N-ethyl adjacent to an activating group) is 1. The summed E-state index contributed by atoms with van der Waals surface area (Å²) in [5.74, 6) is 0.910. The van der Waals surface area contributed by atoms with Crippen LogP contribution in [0.25, 0.3) is 0 Å². The number of piperazine rings is 1. The van der Waals surface area contributed by atoms with E-state index in [-0.39, 0.29) is 30.3 Å². The van der Waals surface area contributed by atoms with Crippen molar-refractivity contribution in [3.63, 3.8) is 0 Å². The van der Waals surface area contributed by atoms with E-state index < -0.39 is 5.82 Å². The molecule has 0 spiro atoms. The van der Waals surface area contributed by atoms with Crippen molar-refractivity contribution >= 4 is 40.7 Å². The van der Waals surface area contributed by atoms with E-state index in [1.807, 2.05) is 18.2 Å². The maximum Gasteiger partial charge on any atom is 0.266 e. The van der Waals surface area contributed by atoms with E-state index in [1.54, 1.807) is 17.0 Å². The van der Waals surface area contributed by atoms with Crippen molar-refractivity contribution in [1.29, 1.82) is 0 Å². The lowest BCUT2D eigenvalue weighted by atomic mass is 10.2. The van der Waals surface area contributed by atoms with Crippen molar-refractivity contribution in [2.24, 2.45) is 0 Å². The Balaban J connectivity index is 1.20. The third kappa shape index (κ3) is 5.06. The van der Waals surface area contributed by atoms with Gasteiger partial charge in [-0.1, -0.05) is 18.9 Å². The zero-order valence-corrected chi connectivity index (χ0v) is 21.4. The van der Waals surface area contributed by atoms with Gasteiger partial charge in [-0.25, -0.2) is 14.4 Å². The highest BCUT2D eigenvalue weighted by Crippen LogP contribution is 2.37. The molecule has 0 bridgehead atoms. The number of pyridine rings is 1. The van der Waals surface area contributed by atoms with E-state index in [9.17, 15) is 9.18 Å². The molecule has 11 heteroatoms. The summed E-state index contributed by atoms with van der Waals surface area (Å²) in [6.07, 6.45) is 5.18. The van der Waals surface area contributed by atoms with Gasteiger partial charge < -0.3 is 25.2 Å². The van der Waals surface area contributed by atoms with Gasteiger partial charge in [0.05, 0.1) is 6.20 Å². The summed E-state index contributed by atoms with van der Waals surface area (Å²) in [6.45, 7) is 3.96. The first-order valence-corrected chi connectivity index (χ1v) is 13.1.